The smallest absolute Gasteiger partial charge is 0.307 e. The lowest BCUT2D eigenvalue weighted by Crippen LogP contribution is -1.89. The van der Waals surface area contributed by atoms with Crippen molar-refractivity contribution in [3.8, 4) is 0 Å². The molecule has 0 radical (unpaired) electrons. The standard InChI is InChI=1S/C18H32O2/c1-3-4-5-6-7-8-9-10-11-12-13-14-15-16-17-20-18(2)19/h3-4,16-17H,5-15H2,1-2H3/b4-3?,17-16+. The van der Waals surface area contributed by atoms with Crippen molar-refractivity contribution in [1.82, 2.24) is 0 Å². The van der Waals surface area contributed by atoms with E-state index in [4.69, 9.17) is 4.74 Å². The topological polar surface area (TPSA) is 26.3 Å². The first-order chi connectivity index (χ1) is 9.77. The van der Waals surface area contributed by atoms with Crippen LogP contribution in [0.1, 0.15) is 84.5 Å². The third-order valence-electron chi connectivity index (χ3n) is 3.31. The third kappa shape index (κ3) is 16.9. The summed E-state index contributed by atoms with van der Waals surface area (Å²) in [5.41, 5.74) is 0. The highest BCUT2D eigenvalue weighted by Gasteiger charge is 1.92. The molecule has 20 heavy (non-hydrogen) atoms. The number of carbonyl (C=O) groups is 1. The molecule has 0 spiro atoms. The molecule has 0 amide bonds. The molecule has 0 fully saturated rings. The van der Waals surface area contributed by atoms with E-state index in [1.165, 1.54) is 77.4 Å². The highest BCUT2D eigenvalue weighted by Crippen LogP contribution is 2.11. The fraction of sp³-hybridized carbons (Fsp3) is 0.722. The summed E-state index contributed by atoms with van der Waals surface area (Å²) in [6.45, 7) is 3.51. The predicted octanol–water partition coefficient (Wildman–Crippen LogP) is 5.93. The minimum atomic E-state index is -0.244. The van der Waals surface area contributed by atoms with Gasteiger partial charge in [0.2, 0.25) is 0 Å². The van der Waals surface area contributed by atoms with Gasteiger partial charge in [-0.1, -0.05) is 57.1 Å². The molecule has 0 saturated heterocycles. The van der Waals surface area contributed by atoms with Crippen molar-refractivity contribution >= 4 is 5.97 Å². The van der Waals surface area contributed by atoms with Gasteiger partial charge in [0.25, 0.3) is 0 Å². The van der Waals surface area contributed by atoms with Crippen LogP contribution < -0.4 is 0 Å². The summed E-state index contributed by atoms with van der Waals surface area (Å²) in [4.78, 5) is 10.5. The molecule has 0 unspecified atom stereocenters. The van der Waals surface area contributed by atoms with Crippen molar-refractivity contribution in [2.75, 3.05) is 0 Å². The minimum absolute atomic E-state index is 0.244. The summed E-state index contributed by atoms with van der Waals surface area (Å²) in [6.07, 6.45) is 22.2. The molecule has 0 heterocycles. The molecule has 116 valence electrons. The highest BCUT2D eigenvalue weighted by molar-refractivity contribution is 5.66. The summed E-state index contributed by atoms with van der Waals surface area (Å²) in [7, 11) is 0. The van der Waals surface area contributed by atoms with Crippen molar-refractivity contribution in [2.45, 2.75) is 84.5 Å². The Morgan fingerprint density at radius 2 is 1.25 bits per heavy atom. The van der Waals surface area contributed by atoms with Crippen LogP contribution in [0.3, 0.4) is 0 Å². The molecular formula is C18H32O2. The zero-order valence-electron chi connectivity index (χ0n) is 13.4. The number of esters is 1. The van der Waals surface area contributed by atoms with Crippen LogP contribution >= 0.6 is 0 Å². The molecule has 0 saturated carbocycles. The van der Waals surface area contributed by atoms with E-state index in [0.717, 1.165) is 6.42 Å². The molecule has 0 N–H and O–H groups in total. The van der Waals surface area contributed by atoms with Gasteiger partial charge in [-0.2, -0.15) is 0 Å². The summed E-state index contributed by atoms with van der Waals surface area (Å²) in [5, 5.41) is 0. The number of carbonyl (C=O) groups excluding carboxylic acids is 1. The average molecular weight is 280 g/mol. The summed E-state index contributed by atoms with van der Waals surface area (Å²) in [5.74, 6) is -0.244. The van der Waals surface area contributed by atoms with Gasteiger partial charge in [0.1, 0.15) is 0 Å². The molecule has 2 heteroatoms. The van der Waals surface area contributed by atoms with E-state index in [0.29, 0.717) is 0 Å². The van der Waals surface area contributed by atoms with Crippen LogP contribution in [0.2, 0.25) is 0 Å². The van der Waals surface area contributed by atoms with Crippen molar-refractivity contribution in [2.24, 2.45) is 0 Å². The molecule has 0 aliphatic heterocycles. The maximum absolute atomic E-state index is 10.5. The van der Waals surface area contributed by atoms with E-state index in [-0.39, 0.29) is 5.97 Å². The number of rotatable bonds is 13. The van der Waals surface area contributed by atoms with E-state index in [1.807, 2.05) is 6.08 Å². The Morgan fingerprint density at radius 1 is 0.800 bits per heavy atom. The normalized spacial score (nSPS) is 11.5. The van der Waals surface area contributed by atoms with Crippen molar-refractivity contribution < 1.29 is 9.53 Å². The van der Waals surface area contributed by atoms with E-state index in [9.17, 15) is 4.79 Å². The molecule has 0 bridgehead atoms. The first-order valence-electron chi connectivity index (χ1n) is 8.20. The lowest BCUT2D eigenvalue weighted by Gasteiger charge is -2.01. The molecule has 0 rings (SSSR count). The van der Waals surface area contributed by atoms with Gasteiger partial charge >= 0.3 is 5.97 Å². The van der Waals surface area contributed by atoms with Crippen molar-refractivity contribution in [1.29, 1.82) is 0 Å². The molecule has 0 aliphatic carbocycles. The summed E-state index contributed by atoms with van der Waals surface area (Å²) >= 11 is 0. The second kappa shape index (κ2) is 16.0. The number of allylic oxidation sites excluding steroid dienone is 3. The van der Waals surface area contributed by atoms with E-state index in [1.54, 1.807) is 0 Å². The fourth-order valence-electron chi connectivity index (χ4n) is 2.14. The van der Waals surface area contributed by atoms with Crippen LogP contribution in [0, 0.1) is 0 Å². The first-order valence-corrected chi connectivity index (χ1v) is 8.20. The molecule has 0 aromatic heterocycles. The Hall–Kier alpha value is -1.05. The van der Waals surface area contributed by atoms with Gasteiger partial charge in [0, 0.05) is 6.92 Å². The summed E-state index contributed by atoms with van der Waals surface area (Å²) < 4.78 is 4.73. The van der Waals surface area contributed by atoms with Crippen LogP contribution in [-0.2, 0) is 9.53 Å². The largest absolute Gasteiger partial charge is 0.435 e. The Morgan fingerprint density at radius 3 is 1.70 bits per heavy atom. The Kier molecular flexibility index (Phi) is 15.2. The second-order valence-corrected chi connectivity index (χ2v) is 5.31. The Labute approximate surface area is 125 Å². The maximum Gasteiger partial charge on any atom is 0.307 e. The van der Waals surface area contributed by atoms with Gasteiger partial charge in [-0.3, -0.25) is 4.79 Å². The van der Waals surface area contributed by atoms with Crippen LogP contribution in [0.25, 0.3) is 0 Å². The van der Waals surface area contributed by atoms with Gasteiger partial charge in [-0.05, 0) is 38.7 Å². The molecule has 2 nitrogen and oxygen atoms in total. The SMILES string of the molecule is CC=CCCCCCCCCCCC/C=C/OC(C)=O. The summed E-state index contributed by atoms with van der Waals surface area (Å²) in [6, 6.07) is 0. The lowest BCUT2D eigenvalue weighted by molar-refractivity contribution is -0.135. The molecule has 0 aromatic rings. The zero-order chi connectivity index (χ0) is 14.9. The first kappa shape index (κ1) is 18.9. The molecule has 0 aromatic carbocycles. The van der Waals surface area contributed by atoms with Gasteiger partial charge in [0.05, 0.1) is 6.26 Å². The lowest BCUT2D eigenvalue weighted by atomic mass is 10.1. The minimum Gasteiger partial charge on any atom is -0.435 e. The van der Waals surface area contributed by atoms with Gasteiger partial charge < -0.3 is 4.74 Å². The zero-order valence-corrected chi connectivity index (χ0v) is 13.4. The monoisotopic (exact) mass is 280 g/mol. The van der Waals surface area contributed by atoms with Crippen LogP contribution in [-0.4, -0.2) is 5.97 Å². The number of unbranched alkanes of at least 4 members (excludes halogenated alkanes) is 10. The van der Waals surface area contributed by atoms with Crippen LogP contribution in [0.15, 0.2) is 24.5 Å². The Bertz CT molecular complexity index is 267. The van der Waals surface area contributed by atoms with Crippen LogP contribution in [0.5, 0.6) is 0 Å². The quantitative estimate of drug-likeness (QED) is 0.181. The highest BCUT2D eigenvalue weighted by atomic mass is 16.5. The number of hydrogen-bond acceptors (Lipinski definition) is 2. The average Bonchev–Trinajstić information content (AvgIpc) is 2.43. The van der Waals surface area contributed by atoms with E-state index in [2.05, 4.69) is 19.1 Å². The maximum atomic E-state index is 10.5. The van der Waals surface area contributed by atoms with Crippen molar-refractivity contribution in [3.05, 3.63) is 24.5 Å². The molecular weight excluding hydrogens is 248 g/mol. The Balaban J connectivity index is 3.06. The van der Waals surface area contributed by atoms with Gasteiger partial charge in [0.15, 0.2) is 0 Å². The van der Waals surface area contributed by atoms with E-state index < -0.39 is 0 Å². The van der Waals surface area contributed by atoms with Gasteiger partial charge in [-0.25, -0.2) is 0 Å². The van der Waals surface area contributed by atoms with Crippen LogP contribution in [0.4, 0.5) is 0 Å². The van der Waals surface area contributed by atoms with Gasteiger partial charge in [-0.15, -0.1) is 0 Å². The second-order valence-electron chi connectivity index (χ2n) is 5.31. The number of ether oxygens (including phenoxy) is 1. The third-order valence-corrected chi connectivity index (χ3v) is 3.31. The number of hydrogen-bond donors (Lipinski definition) is 0. The van der Waals surface area contributed by atoms with E-state index >= 15 is 0 Å². The predicted molar refractivity (Wildman–Crippen MR) is 86.5 cm³/mol. The molecule has 0 aliphatic rings. The van der Waals surface area contributed by atoms with Crippen molar-refractivity contribution in [3.63, 3.8) is 0 Å². The molecule has 0 atom stereocenters. The fourth-order valence-corrected chi connectivity index (χ4v) is 2.14.